The van der Waals surface area contributed by atoms with Crippen LogP contribution in [0.3, 0.4) is 0 Å². The summed E-state index contributed by atoms with van der Waals surface area (Å²) in [6.45, 7) is 7.13. The Kier molecular flexibility index (Phi) is 5.08. The van der Waals surface area contributed by atoms with Crippen molar-refractivity contribution in [3.63, 3.8) is 0 Å². The number of aryl methyl sites for hydroxylation is 2. The molecule has 1 atom stereocenters. The van der Waals surface area contributed by atoms with Gasteiger partial charge in [-0.2, -0.15) is 5.10 Å². The zero-order chi connectivity index (χ0) is 23.2. The molecule has 2 amide bonds. The number of anilines is 1. The predicted molar refractivity (Wildman–Crippen MR) is 123 cm³/mol. The third-order valence-corrected chi connectivity index (χ3v) is 6.12. The first kappa shape index (κ1) is 21.1. The van der Waals surface area contributed by atoms with E-state index in [1.807, 2.05) is 38.1 Å². The van der Waals surface area contributed by atoms with Crippen molar-refractivity contribution in [1.29, 1.82) is 0 Å². The maximum Gasteiger partial charge on any atom is 0.277 e. The third kappa shape index (κ3) is 3.71. The monoisotopic (exact) mass is 446 g/mol. The molecule has 0 radical (unpaired) electrons. The topological polar surface area (TPSA) is 85.7 Å². The molecule has 2 aliphatic rings. The fraction of sp³-hybridized carbons (Fsp3) is 0.320. The Hall–Kier alpha value is -3.81. The smallest absolute Gasteiger partial charge is 0.277 e. The summed E-state index contributed by atoms with van der Waals surface area (Å²) in [4.78, 5) is 28.8. The minimum Gasteiger partial charge on any atom is -0.486 e. The summed E-state index contributed by atoms with van der Waals surface area (Å²) >= 11 is 0. The molecule has 8 heteroatoms. The Morgan fingerprint density at radius 1 is 1.06 bits per heavy atom. The van der Waals surface area contributed by atoms with E-state index in [1.165, 1.54) is 0 Å². The second kappa shape index (κ2) is 7.95. The van der Waals surface area contributed by atoms with Gasteiger partial charge in [0.1, 0.15) is 24.4 Å². The first-order valence-corrected chi connectivity index (χ1v) is 11.0. The van der Waals surface area contributed by atoms with Gasteiger partial charge in [0.15, 0.2) is 11.5 Å². The van der Waals surface area contributed by atoms with Gasteiger partial charge in [-0.1, -0.05) is 29.8 Å². The van der Waals surface area contributed by atoms with E-state index in [0.29, 0.717) is 42.6 Å². The summed E-state index contributed by atoms with van der Waals surface area (Å²) in [5, 5.41) is 7.47. The van der Waals surface area contributed by atoms with Crippen molar-refractivity contribution in [2.75, 3.05) is 18.1 Å². The SMILES string of the molecule is Cc1ccc(CNC(=O)[C@@]2(C)Cn3nc(C)cc3C(=O)N2c2ccc3c(c2)OCCO3)cc1. The molecule has 8 nitrogen and oxygen atoms in total. The van der Waals surface area contributed by atoms with Crippen LogP contribution in [0, 0.1) is 13.8 Å². The molecule has 0 aliphatic carbocycles. The van der Waals surface area contributed by atoms with Crippen molar-refractivity contribution in [2.45, 2.75) is 39.4 Å². The molecule has 1 N–H and O–H groups in total. The largest absolute Gasteiger partial charge is 0.486 e. The van der Waals surface area contributed by atoms with Crippen molar-refractivity contribution in [3.05, 3.63) is 71.0 Å². The molecule has 0 unspecified atom stereocenters. The number of hydrogen-bond donors (Lipinski definition) is 1. The number of amides is 2. The minimum atomic E-state index is -1.20. The molecule has 170 valence electrons. The average molecular weight is 447 g/mol. The van der Waals surface area contributed by atoms with Crippen molar-refractivity contribution >= 4 is 17.5 Å². The molecule has 0 fully saturated rings. The van der Waals surface area contributed by atoms with Crippen LogP contribution in [0.5, 0.6) is 11.5 Å². The fourth-order valence-electron chi connectivity index (χ4n) is 4.36. The number of hydrogen-bond acceptors (Lipinski definition) is 5. The Balaban J connectivity index is 1.51. The van der Waals surface area contributed by atoms with Crippen molar-refractivity contribution in [2.24, 2.45) is 0 Å². The van der Waals surface area contributed by atoms with Gasteiger partial charge in [0, 0.05) is 18.3 Å². The van der Waals surface area contributed by atoms with Gasteiger partial charge in [-0.3, -0.25) is 19.2 Å². The van der Waals surface area contributed by atoms with Crippen LogP contribution < -0.4 is 19.7 Å². The number of nitrogens with zero attached hydrogens (tertiary/aromatic N) is 3. The van der Waals surface area contributed by atoms with Crippen LogP contribution in [0.25, 0.3) is 0 Å². The summed E-state index contributed by atoms with van der Waals surface area (Å²) < 4.78 is 13.0. The quantitative estimate of drug-likeness (QED) is 0.666. The van der Waals surface area contributed by atoms with E-state index in [2.05, 4.69) is 10.4 Å². The van der Waals surface area contributed by atoms with Crippen LogP contribution in [0.4, 0.5) is 5.69 Å². The third-order valence-electron chi connectivity index (χ3n) is 6.12. The molecule has 1 aromatic heterocycles. The minimum absolute atomic E-state index is 0.232. The number of carbonyl (C=O) groups excluding carboxylic acids is 2. The second-order valence-electron chi connectivity index (χ2n) is 8.74. The molecule has 5 rings (SSSR count). The van der Waals surface area contributed by atoms with Gasteiger partial charge < -0.3 is 14.8 Å². The molecular formula is C25H26N4O4. The lowest BCUT2D eigenvalue weighted by Crippen LogP contribution is -2.64. The summed E-state index contributed by atoms with van der Waals surface area (Å²) in [6, 6.07) is 15.1. The maximum atomic E-state index is 13.6. The zero-order valence-electron chi connectivity index (χ0n) is 18.9. The summed E-state index contributed by atoms with van der Waals surface area (Å²) in [5.41, 5.74) is 2.69. The lowest BCUT2D eigenvalue weighted by atomic mass is 9.93. The van der Waals surface area contributed by atoms with Gasteiger partial charge in [-0.25, -0.2) is 0 Å². The Morgan fingerprint density at radius 2 is 1.79 bits per heavy atom. The molecular weight excluding hydrogens is 420 g/mol. The van der Waals surface area contributed by atoms with Crippen LogP contribution in [0.1, 0.15) is 34.2 Å². The molecule has 0 bridgehead atoms. The highest BCUT2D eigenvalue weighted by atomic mass is 16.6. The Bertz CT molecular complexity index is 1230. The number of ether oxygens (including phenoxy) is 2. The standard InChI is InChI=1S/C25H26N4O4/c1-16-4-6-18(7-5-16)14-26-24(31)25(3)15-28-20(12-17(2)27-28)23(30)29(25)19-8-9-21-22(13-19)33-11-10-32-21/h4-9,12-13H,10-11,14-15H2,1-3H3,(H,26,31)/t25-/m1/s1. The van der Waals surface area contributed by atoms with Gasteiger partial charge in [-0.15, -0.1) is 0 Å². The molecule has 0 saturated carbocycles. The number of aromatic nitrogens is 2. The number of benzene rings is 2. The van der Waals surface area contributed by atoms with Crippen LogP contribution in [-0.2, 0) is 17.9 Å². The Labute approximate surface area is 192 Å². The van der Waals surface area contributed by atoms with Gasteiger partial charge in [0.25, 0.3) is 5.91 Å². The van der Waals surface area contributed by atoms with Gasteiger partial charge >= 0.3 is 0 Å². The molecule has 33 heavy (non-hydrogen) atoms. The number of carbonyl (C=O) groups is 2. The number of nitrogens with one attached hydrogen (secondary N) is 1. The van der Waals surface area contributed by atoms with Crippen LogP contribution in [0.2, 0.25) is 0 Å². The molecule has 3 heterocycles. The summed E-state index contributed by atoms with van der Waals surface area (Å²) in [5.74, 6) is 0.640. The normalized spacial score (nSPS) is 19.2. The van der Waals surface area contributed by atoms with Gasteiger partial charge in [0.05, 0.1) is 12.2 Å². The highest BCUT2D eigenvalue weighted by molar-refractivity contribution is 6.12. The van der Waals surface area contributed by atoms with E-state index in [1.54, 1.807) is 40.8 Å². The lowest BCUT2D eigenvalue weighted by Gasteiger charge is -2.43. The van der Waals surface area contributed by atoms with Crippen LogP contribution >= 0.6 is 0 Å². The van der Waals surface area contributed by atoms with Crippen molar-refractivity contribution in [3.8, 4) is 11.5 Å². The summed E-state index contributed by atoms with van der Waals surface area (Å²) in [7, 11) is 0. The zero-order valence-corrected chi connectivity index (χ0v) is 18.9. The molecule has 0 spiro atoms. The van der Waals surface area contributed by atoms with E-state index >= 15 is 0 Å². The van der Waals surface area contributed by atoms with Crippen molar-refractivity contribution in [1.82, 2.24) is 15.1 Å². The van der Waals surface area contributed by atoms with Crippen LogP contribution in [0.15, 0.2) is 48.5 Å². The van der Waals surface area contributed by atoms with E-state index in [4.69, 9.17) is 9.47 Å². The van der Waals surface area contributed by atoms with Crippen LogP contribution in [-0.4, -0.2) is 40.3 Å². The second-order valence-corrected chi connectivity index (χ2v) is 8.74. The first-order valence-electron chi connectivity index (χ1n) is 11.0. The van der Waals surface area contributed by atoms with E-state index < -0.39 is 5.54 Å². The molecule has 3 aromatic rings. The highest BCUT2D eigenvalue weighted by Gasteiger charge is 2.49. The van der Waals surface area contributed by atoms with Crippen molar-refractivity contribution < 1.29 is 19.1 Å². The van der Waals surface area contributed by atoms with Gasteiger partial charge in [-0.05, 0) is 44.5 Å². The fourth-order valence-corrected chi connectivity index (χ4v) is 4.36. The van der Waals surface area contributed by atoms with E-state index in [-0.39, 0.29) is 18.4 Å². The van der Waals surface area contributed by atoms with E-state index in [9.17, 15) is 9.59 Å². The Morgan fingerprint density at radius 3 is 2.55 bits per heavy atom. The van der Waals surface area contributed by atoms with Gasteiger partial charge in [0.2, 0.25) is 5.91 Å². The van der Waals surface area contributed by atoms with E-state index in [0.717, 1.165) is 16.8 Å². The first-order chi connectivity index (χ1) is 15.8. The molecule has 2 aromatic carbocycles. The number of fused-ring (bicyclic) bond motifs is 2. The summed E-state index contributed by atoms with van der Waals surface area (Å²) in [6.07, 6.45) is 0. The average Bonchev–Trinajstić information content (AvgIpc) is 3.18. The predicted octanol–water partition coefficient (Wildman–Crippen LogP) is 3.01. The lowest BCUT2D eigenvalue weighted by molar-refractivity contribution is -0.126. The molecule has 2 aliphatic heterocycles. The molecule has 0 saturated heterocycles. The maximum absolute atomic E-state index is 13.6. The number of rotatable bonds is 4. The highest BCUT2D eigenvalue weighted by Crippen LogP contribution is 2.39.